The molecule has 0 unspecified atom stereocenters. The molecule has 0 radical (unpaired) electrons. The van der Waals surface area contributed by atoms with Crippen molar-refractivity contribution in [2.24, 2.45) is 0 Å². The monoisotopic (exact) mass is 248 g/mol. The van der Waals surface area contributed by atoms with Crippen molar-refractivity contribution in [3.63, 3.8) is 0 Å². The third-order valence-electron chi connectivity index (χ3n) is 1.36. The van der Waals surface area contributed by atoms with Crippen molar-refractivity contribution in [1.29, 1.82) is 0 Å². The van der Waals surface area contributed by atoms with Gasteiger partial charge in [0.2, 0.25) is 0 Å². The zero-order valence-electron chi connectivity index (χ0n) is 6.01. The summed E-state index contributed by atoms with van der Waals surface area (Å²) in [6.07, 6.45) is 0. The Morgan fingerprint density at radius 2 is 1.71 bits per heavy atom. The summed E-state index contributed by atoms with van der Waals surface area (Å²) in [6.45, 7) is 0. The molecular weight excluding hydrogens is 245 g/mol. The fraction of sp³-hybridized carbons (Fsp3) is 0. The van der Waals surface area contributed by atoms with Gasteiger partial charge in [-0.1, -0.05) is 34.8 Å². The number of benzene rings is 1. The second kappa shape index (κ2) is 5.16. The molecule has 0 saturated carbocycles. The molecule has 0 aliphatic rings. The number of rotatable bonds is 1. The van der Waals surface area contributed by atoms with E-state index in [1.54, 1.807) is 0 Å². The normalized spacial score (nSPS) is 9.36. The number of carboxylic acid groups (broad SMARTS) is 1. The molecule has 2 N–H and O–H groups in total. The number of carbonyl (C=O) groups is 1. The summed E-state index contributed by atoms with van der Waals surface area (Å²) in [7, 11) is 0. The van der Waals surface area contributed by atoms with Crippen LogP contribution in [-0.4, -0.2) is 35.0 Å². The van der Waals surface area contributed by atoms with Gasteiger partial charge in [0.25, 0.3) is 0 Å². The standard InChI is InChI=1S/C7H3Cl3O3.Li.H/c8-2-1-3(9)6(11)4(5(2)10)7(12)13;;/h1,11H,(H,12,13);;. The van der Waals surface area contributed by atoms with Crippen molar-refractivity contribution in [3.05, 3.63) is 26.7 Å². The summed E-state index contributed by atoms with van der Waals surface area (Å²) in [5, 5.41) is 17.5. The molecule has 0 amide bonds. The van der Waals surface area contributed by atoms with Crippen LogP contribution in [-0.2, 0) is 0 Å². The van der Waals surface area contributed by atoms with Gasteiger partial charge < -0.3 is 10.2 Å². The average molecular weight is 249 g/mol. The molecule has 1 aromatic carbocycles. The summed E-state index contributed by atoms with van der Waals surface area (Å²) in [4.78, 5) is 10.6. The molecule has 0 aliphatic carbocycles. The van der Waals surface area contributed by atoms with E-state index in [0.29, 0.717) is 0 Å². The second-order valence-electron chi connectivity index (χ2n) is 2.18. The number of halogens is 3. The molecule has 0 atom stereocenters. The quantitative estimate of drug-likeness (QED) is 0.593. The minimum absolute atomic E-state index is 0. The number of aromatic carboxylic acids is 1. The molecule has 0 bridgehead atoms. The molecule has 0 aromatic heterocycles. The third kappa shape index (κ3) is 2.50. The number of carboxylic acids is 1. The molecule has 72 valence electrons. The van der Waals surface area contributed by atoms with Crippen LogP contribution in [0.3, 0.4) is 0 Å². The van der Waals surface area contributed by atoms with Crippen LogP contribution in [0, 0.1) is 0 Å². The number of phenols is 1. The van der Waals surface area contributed by atoms with Crippen LogP contribution in [0.4, 0.5) is 0 Å². The summed E-state index contributed by atoms with van der Waals surface area (Å²) in [5.41, 5.74) is -0.487. The maximum atomic E-state index is 10.6. The molecular formula is C7H4Cl3LiO3. The Balaban J connectivity index is 0.00000169. The van der Waals surface area contributed by atoms with Crippen molar-refractivity contribution < 1.29 is 15.0 Å². The Morgan fingerprint density at radius 3 is 2.14 bits per heavy atom. The SMILES string of the molecule is O=C(O)c1c(O)c(Cl)cc(Cl)c1Cl.[LiH]. The van der Waals surface area contributed by atoms with E-state index in [4.69, 9.17) is 39.9 Å². The second-order valence-corrected chi connectivity index (χ2v) is 3.38. The molecule has 0 heterocycles. The van der Waals surface area contributed by atoms with Gasteiger partial charge in [0.15, 0.2) is 0 Å². The van der Waals surface area contributed by atoms with Crippen LogP contribution in [0.2, 0.25) is 15.1 Å². The van der Waals surface area contributed by atoms with Crippen LogP contribution in [0.15, 0.2) is 6.07 Å². The Bertz CT molecular complexity index is 355. The zero-order valence-corrected chi connectivity index (χ0v) is 8.28. The fourth-order valence-electron chi connectivity index (χ4n) is 0.781. The number of hydrogen-bond donors (Lipinski definition) is 2. The van der Waals surface area contributed by atoms with Gasteiger partial charge in [-0.3, -0.25) is 0 Å². The van der Waals surface area contributed by atoms with Crippen molar-refractivity contribution in [3.8, 4) is 5.75 Å². The van der Waals surface area contributed by atoms with Gasteiger partial charge >= 0.3 is 24.8 Å². The minimum atomic E-state index is -1.38. The van der Waals surface area contributed by atoms with E-state index in [-0.39, 0.29) is 33.9 Å². The van der Waals surface area contributed by atoms with E-state index < -0.39 is 17.3 Å². The zero-order chi connectivity index (χ0) is 10.2. The van der Waals surface area contributed by atoms with Gasteiger partial charge in [-0.25, -0.2) is 4.79 Å². The van der Waals surface area contributed by atoms with Crippen LogP contribution >= 0.6 is 34.8 Å². The van der Waals surface area contributed by atoms with Crippen LogP contribution < -0.4 is 0 Å². The van der Waals surface area contributed by atoms with Crippen molar-refractivity contribution in [2.45, 2.75) is 0 Å². The van der Waals surface area contributed by atoms with E-state index in [9.17, 15) is 9.90 Å². The van der Waals surface area contributed by atoms with Gasteiger partial charge in [0, 0.05) is 0 Å². The molecule has 0 spiro atoms. The molecule has 14 heavy (non-hydrogen) atoms. The predicted molar refractivity (Wildman–Crippen MR) is 57.2 cm³/mol. The summed E-state index contributed by atoms with van der Waals surface area (Å²) in [6, 6.07) is 1.17. The average Bonchev–Trinajstić information content (AvgIpc) is 2.01. The first kappa shape index (κ1) is 14.0. The van der Waals surface area contributed by atoms with Gasteiger partial charge in [-0.15, -0.1) is 0 Å². The summed E-state index contributed by atoms with van der Waals surface area (Å²) < 4.78 is 0. The number of hydrogen-bond acceptors (Lipinski definition) is 2. The topological polar surface area (TPSA) is 57.5 Å². The summed E-state index contributed by atoms with van der Waals surface area (Å²) in [5.74, 6) is -1.96. The molecule has 3 nitrogen and oxygen atoms in total. The molecule has 0 saturated heterocycles. The van der Waals surface area contributed by atoms with Crippen molar-refractivity contribution in [2.75, 3.05) is 0 Å². The number of aromatic hydroxyl groups is 1. The van der Waals surface area contributed by atoms with Crippen LogP contribution in [0.25, 0.3) is 0 Å². The molecule has 0 fully saturated rings. The Morgan fingerprint density at radius 1 is 1.21 bits per heavy atom. The van der Waals surface area contributed by atoms with Crippen molar-refractivity contribution in [1.82, 2.24) is 0 Å². The Labute approximate surface area is 107 Å². The first-order valence-corrected chi connectivity index (χ1v) is 4.18. The van der Waals surface area contributed by atoms with E-state index >= 15 is 0 Å². The third-order valence-corrected chi connectivity index (χ3v) is 2.44. The van der Waals surface area contributed by atoms with Gasteiger partial charge in [0.1, 0.15) is 11.3 Å². The van der Waals surface area contributed by atoms with E-state index in [0.717, 1.165) is 0 Å². The van der Waals surface area contributed by atoms with Crippen molar-refractivity contribution >= 4 is 59.6 Å². The molecule has 1 rings (SSSR count). The first-order chi connectivity index (χ1) is 5.95. The fourth-order valence-corrected chi connectivity index (χ4v) is 1.47. The Hall–Kier alpha value is -0.0426. The molecule has 0 aliphatic heterocycles. The van der Waals surface area contributed by atoms with E-state index in [1.807, 2.05) is 0 Å². The Kier molecular flexibility index (Phi) is 5.14. The molecule has 7 heteroatoms. The van der Waals surface area contributed by atoms with Gasteiger partial charge in [-0.2, -0.15) is 0 Å². The summed E-state index contributed by atoms with van der Waals surface area (Å²) >= 11 is 16.6. The van der Waals surface area contributed by atoms with Crippen LogP contribution in [0.1, 0.15) is 10.4 Å². The van der Waals surface area contributed by atoms with E-state index in [1.165, 1.54) is 6.07 Å². The van der Waals surface area contributed by atoms with Crippen LogP contribution in [0.5, 0.6) is 5.75 Å². The van der Waals surface area contributed by atoms with Gasteiger partial charge in [-0.05, 0) is 6.07 Å². The maximum absolute atomic E-state index is 10.6. The van der Waals surface area contributed by atoms with Gasteiger partial charge in [0.05, 0.1) is 15.1 Å². The first-order valence-electron chi connectivity index (χ1n) is 3.05. The predicted octanol–water partition coefficient (Wildman–Crippen LogP) is 2.40. The molecule has 1 aromatic rings. The van der Waals surface area contributed by atoms with E-state index in [2.05, 4.69) is 0 Å².